The summed E-state index contributed by atoms with van der Waals surface area (Å²) in [6.45, 7) is 0. The Morgan fingerprint density at radius 1 is 1.24 bits per heavy atom. The third kappa shape index (κ3) is 4.07. The molecule has 0 saturated carbocycles. The molecule has 0 unspecified atom stereocenters. The number of carbonyl (C=O) groups excluding carboxylic acids is 1. The minimum Gasteiger partial charge on any atom is -0.494 e. The van der Waals surface area contributed by atoms with Gasteiger partial charge in [-0.25, -0.2) is 4.39 Å². The molecule has 2 rings (SSSR count). The third-order valence-electron chi connectivity index (χ3n) is 2.78. The first kappa shape index (κ1) is 14.6. The van der Waals surface area contributed by atoms with Gasteiger partial charge in [-0.15, -0.1) is 0 Å². The van der Waals surface area contributed by atoms with E-state index in [-0.39, 0.29) is 11.7 Å². The first-order valence-corrected chi connectivity index (χ1v) is 6.26. The molecule has 0 aromatic heterocycles. The van der Waals surface area contributed by atoms with Crippen molar-refractivity contribution in [1.82, 2.24) is 0 Å². The Labute approximate surface area is 122 Å². The number of nitrogens with two attached hydrogens (primary N) is 1. The third-order valence-corrected chi connectivity index (χ3v) is 2.78. The van der Waals surface area contributed by atoms with E-state index in [1.807, 2.05) is 0 Å². The van der Waals surface area contributed by atoms with Crippen LogP contribution >= 0.6 is 0 Å². The second-order valence-electron chi connectivity index (χ2n) is 4.34. The van der Waals surface area contributed by atoms with Gasteiger partial charge in [-0.3, -0.25) is 4.79 Å². The second-order valence-corrected chi connectivity index (χ2v) is 4.34. The molecule has 0 bridgehead atoms. The molecule has 0 atom stereocenters. The summed E-state index contributed by atoms with van der Waals surface area (Å²) in [6, 6.07) is 11.3. The van der Waals surface area contributed by atoms with Crippen molar-refractivity contribution in [3.05, 3.63) is 59.9 Å². The fraction of sp³-hybridized carbons (Fsp3) is 0.0625. The van der Waals surface area contributed by atoms with Crippen molar-refractivity contribution in [3.63, 3.8) is 0 Å². The van der Waals surface area contributed by atoms with Crippen LogP contribution in [0.1, 0.15) is 5.56 Å². The van der Waals surface area contributed by atoms with Gasteiger partial charge >= 0.3 is 0 Å². The number of carbonyl (C=O) groups is 1. The molecule has 1 amide bonds. The number of methoxy groups -OCH3 is 1. The molecule has 3 N–H and O–H groups in total. The van der Waals surface area contributed by atoms with Crippen LogP contribution in [0.5, 0.6) is 5.75 Å². The molecule has 0 spiro atoms. The van der Waals surface area contributed by atoms with Crippen LogP contribution < -0.4 is 15.8 Å². The van der Waals surface area contributed by atoms with Crippen LogP contribution in [0.15, 0.2) is 48.5 Å². The molecular formula is C16H15FN2O2. The molecule has 4 nitrogen and oxygen atoms in total. The van der Waals surface area contributed by atoms with Crippen LogP contribution in [-0.2, 0) is 4.79 Å². The molecule has 0 radical (unpaired) electrons. The summed E-state index contributed by atoms with van der Waals surface area (Å²) in [5.41, 5.74) is 7.44. The molecule has 0 heterocycles. The first-order valence-electron chi connectivity index (χ1n) is 6.26. The molecular weight excluding hydrogens is 271 g/mol. The lowest BCUT2D eigenvalue weighted by Crippen LogP contribution is -2.08. The number of halogens is 1. The Morgan fingerprint density at radius 2 is 1.95 bits per heavy atom. The zero-order chi connectivity index (χ0) is 15.2. The maximum atomic E-state index is 13.5. The lowest BCUT2D eigenvalue weighted by Gasteiger charge is -2.05. The molecule has 108 valence electrons. The lowest BCUT2D eigenvalue weighted by molar-refractivity contribution is -0.111. The summed E-state index contributed by atoms with van der Waals surface area (Å²) in [5, 5.41) is 2.57. The van der Waals surface area contributed by atoms with Crippen LogP contribution in [0, 0.1) is 5.82 Å². The van der Waals surface area contributed by atoms with Crippen LogP contribution in [0.2, 0.25) is 0 Å². The van der Waals surface area contributed by atoms with E-state index in [4.69, 9.17) is 10.5 Å². The number of hydrogen-bond acceptors (Lipinski definition) is 3. The summed E-state index contributed by atoms with van der Waals surface area (Å²) in [7, 11) is 1.38. The van der Waals surface area contributed by atoms with Crippen LogP contribution in [0.4, 0.5) is 15.8 Å². The van der Waals surface area contributed by atoms with Gasteiger partial charge < -0.3 is 15.8 Å². The van der Waals surface area contributed by atoms with Gasteiger partial charge in [0.1, 0.15) is 0 Å². The van der Waals surface area contributed by atoms with E-state index in [0.717, 1.165) is 5.56 Å². The molecule has 2 aromatic carbocycles. The topological polar surface area (TPSA) is 64.3 Å². The van der Waals surface area contributed by atoms with Gasteiger partial charge in [0.25, 0.3) is 0 Å². The standard InChI is InChI=1S/C16H15FN2O2/c1-21-15-8-7-13(10-14(15)17)19-16(20)9-4-11-2-5-12(18)6-3-11/h2-10H,18H2,1H3,(H,19,20)/b9-4+. The van der Waals surface area contributed by atoms with Crippen molar-refractivity contribution < 1.29 is 13.9 Å². The quantitative estimate of drug-likeness (QED) is 0.670. The predicted molar refractivity (Wildman–Crippen MR) is 81.5 cm³/mol. The van der Waals surface area contributed by atoms with E-state index in [9.17, 15) is 9.18 Å². The highest BCUT2D eigenvalue weighted by atomic mass is 19.1. The smallest absolute Gasteiger partial charge is 0.248 e. The molecule has 0 aliphatic heterocycles. The number of amides is 1. The van der Waals surface area contributed by atoms with Gasteiger partial charge in [-0.05, 0) is 35.9 Å². The van der Waals surface area contributed by atoms with Gasteiger partial charge in [-0.2, -0.15) is 0 Å². The van der Waals surface area contributed by atoms with Crippen molar-refractivity contribution in [2.75, 3.05) is 18.2 Å². The highest BCUT2D eigenvalue weighted by Gasteiger charge is 2.04. The second kappa shape index (κ2) is 6.56. The Balaban J connectivity index is 2.01. The number of nitrogen functional groups attached to an aromatic ring is 1. The van der Waals surface area contributed by atoms with Gasteiger partial charge in [0, 0.05) is 23.5 Å². The van der Waals surface area contributed by atoms with Crippen molar-refractivity contribution in [1.29, 1.82) is 0 Å². The van der Waals surface area contributed by atoms with E-state index >= 15 is 0 Å². The van der Waals surface area contributed by atoms with Crippen molar-refractivity contribution in [2.24, 2.45) is 0 Å². The van der Waals surface area contributed by atoms with Gasteiger partial charge in [0.2, 0.25) is 5.91 Å². The van der Waals surface area contributed by atoms with Crippen LogP contribution in [0.25, 0.3) is 6.08 Å². The Bertz CT molecular complexity index is 666. The molecule has 0 aliphatic carbocycles. The Kier molecular flexibility index (Phi) is 4.56. The number of benzene rings is 2. The Morgan fingerprint density at radius 3 is 2.57 bits per heavy atom. The minimum atomic E-state index is -0.530. The summed E-state index contributed by atoms with van der Waals surface area (Å²) in [4.78, 5) is 11.7. The highest BCUT2D eigenvalue weighted by Crippen LogP contribution is 2.20. The number of hydrogen-bond donors (Lipinski definition) is 2. The zero-order valence-corrected chi connectivity index (χ0v) is 11.5. The summed E-state index contributed by atoms with van der Waals surface area (Å²) < 4.78 is 18.3. The normalized spacial score (nSPS) is 10.6. The van der Waals surface area contributed by atoms with E-state index in [0.29, 0.717) is 11.4 Å². The van der Waals surface area contributed by atoms with Crippen LogP contribution in [0.3, 0.4) is 0 Å². The Hall–Kier alpha value is -2.82. The van der Waals surface area contributed by atoms with Gasteiger partial charge in [0.15, 0.2) is 11.6 Å². The van der Waals surface area contributed by atoms with E-state index < -0.39 is 5.82 Å². The van der Waals surface area contributed by atoms with Crippen molar-refractivity contribution >= 4 is 23.4 Å². The number of rotatable bonds is 4. The fourth-order valence-electron chi connectivity index (χ4n) is 1.71. The summed E-state index contributed by atoms with van der Waals surface area (Å²) in [5.74, 6) is -0.750. The van der Waals surface area contributed by atoms with Crippen LogP contribution in [-0.4, -0.2) is 13.0 Å². The summed E-state index contributed by atoms with van der Waals surface area (Å²) in [6.07, 6.45) is 3.02. The first-order chi connectivity index (χ1) is 10.1. The van der Waals surface area contributed by atoms with E-state index in [2.05, 4.69) is 5.32 Å². The average Bonchev–Trinajstić information content (AvgIpc) is 2.47. The molecule has 21 heavy (non-hydrogen) atoms. The number of nitrogens with one attached hydrogen (secondary N) is 1. The van der Waals surface area contributed by atoms with Gasteiger partial charge in [-0.1, -0.05) is 12.1 Å². The molecule has 2 aromatic rings. The monoisotopic (exact) mass is 286 g/mol. The average molecular weight is 286 g/mol. The SMILES string of the molecule is COc1ccc(NC(=O)/C=C/c2ccc(N)cc2)cc1F. The van der Waals surface area contributed by atoms with Crippen molar-refractivity contribution in [2.45, 2.75) is 0 Å². The van der Waals surface area contributed by atoms with E-state index in [1.54, 1.807) is 36.4 Å². The maximum absolute atomic E-state index is 13.5. The largest absolute Gasteiger partial charge is 0.494 e. The summed E-state index contributed by atoms with van der Waals surface area (Å²) >= 11 is 0. The molecule has 0 fully saturated rings. The maximum Gasteiger partial charge on any atom is 0.248 e. The minimum absolute atomic E-state index is 0.130. The van der Waals surface area contributed by atoms with Crippen molar-refractivity contribution in [3.8, 4) is 5.75 Å². The fourth-order valence-corrected chi connectivity index (χ4v) is 1.71. The van der Waals surface area contributed by atoms with Gasteiger partial charge in [0.05, 0.1) is 7.11 Å². The lowest BCUT2D eigenvalue weighted by atomic mass is 10.2. The highest BCUT2D eigenvalue weighted by molar-refractivity contribution is 6.01. The predicted octanol–water partition coefficient (Wildman–Crippen LogP) is 3.07. The van der Waals surface area contributed by atoms with E-state index in [1.165, 1.54) is 25.3 Å². The zero-order valence-electron chi connectivity index (χ0n) is 11.5. The molecule has 0 aliphatic rings. The molecule has 5 heteroatoms. The number of ether oxygens (including phenoxy) is 1. The number of anilines is 2. The molecule has 0 saturated heterocycles.